The molecule has 0 aromatic heterocycles. The SMILES string of the molecule is C/C(=N/OCC(=O)N/N=C\C1=C(c2ccccc2)[C@H]2C=C[C@@H]1C2)c1ccc(C)cc1. The molecule has 2 aromatic rings. The Labute approximate surface area is 176 Å². The zero-order chi connectivity index (χ0) is 20.9. The summed E-state index contributed by atoms with van der Waals surface area (Å²) >= 11 is 0. The standard InChI is InChI=1S/C25H25N3O2/c1-17-8-10-19(11-9-17)18(2)28-30-16-24(29)27-26-15-23-21-12-13-22(14-21)25(23)20-6-4-3-5-7-20/h3-13,15,21-22H,14,16H2,1-2H3,(H,27,29)/b26-15-,28-18-/t21-,22+/m1/s1. The van der Waals surface area contributed by atoms with Gasteiger partial charge in [0.2, 0.25) is 0 Å². The lowest BCUT2D eigenvalue weighted by Crippen LogP contribution is -2.22. The minimum Gasteiger partial charge on any atom is -0.385 e. The number of aryl methyl sites for hydroxylation is 1. The van der Waals surface area contributed by atoms with Crippen LogP contribution in [0.5, 0.6) is 0 Å². The van der Waals surface area contributed by atoms with E-state index in [1.807, 2.05) is 56.3 Å². The highest BCUT2D eigenvalue weighted by atomic mass is 16.6. The Morgan fingerprint density at radius 1 is 1.10 bits per heavy atom. The van der Waals surface area contributed by atoms with Gasteiger partial charge in [0.25, 0.3) is 5.91 Å². The molecule has 0 spiro atoms. The fourth-order valence-corrected chi connectivity index (χ4v) is 3.96. The summed E-state index contributed by atoms with van der Waals surface area (Å²) in [6.07, 6.45) is 7.35. The highest BCUT2D eigenvalue weighted by Gasteiger charge is 2.34. The Bertz CT molecular complexity index is 1030. The quantitative estimate of drug-likeness (QED) is 0.423. The molecule has 2 aliphatic carbocycles. The second kappa shape index (κ2) is 8.91. The molecule has 0 aliphatic heterocycles. The number of allylic oxidation sites excluding steroid dienone is 4. The number of rotatable bonds is 7. The Morgan fingerprint density at radius 2 is 1.83 bits per heavy atom. The highest BCUT2D eigenvalue weighted by Crippen LogP contribution is 2.47. The fraction of sp³-hybridized carbons (Fsp3) is 0.240. The van der Waals surface area contributed by atoms with Crippen molar-refractivity contribution < 1.29 is 9.63 Å². The molecule has 2 atom stereocenters. The van der Waals surface area contributed by atoms with E-state index in [0.29, 0.717) is 11.8 Å². The van der Waals surface area contributed by atoms with Crippen molar-refractivity contribution in [1.29, 1.82) is 0 Å². The van der Waals surface area contributed by atoms with Crippen molar-refractivity contribution in [2.45, 2.75) is 20.3 Å². The number of hydrogen-bond acceptors (Lipinski definition) is 4. The second-order valence-corrected chi connectivity index (χ2v) is 7.68. The van der Waals surface area contributed by atoms with E-state index in [0.717, 1.165) is 17.7 Å². The van der Waals surface area contributed by atoms with Crippen LogP contribution in [0, 0.1) is 18.8 Å². The van der Waals surface area contributed by atoms with E-state index in [4.69, 9.17) is 4.84 Å². The van der Waals surface area contributed by atoms with Crippen LogP contribution in [-0.2, 0) is 9.63 Å². The molecule has 4 rings (SSSR count). The van der Waals surface area contributed by atoms with Gasteiger partial charge in [-0.25, -0.2) is 5.43 Å². The van der Waals surface area contributed by atoms with Crippen LogP contribution in [0.4, 0.5) is 0 Å². The maximum atomic E-state index is 12.0. The molecule has 152 valence electrons. The number of nitrogens with one attached hydrogen (secondary N) is 1. The summed E-state index contributed by atoms with van der Waals surface area (Å²) in [5.41, 5.74) is 9.09. The summed E-state index contributed by atoms with van der Waals surface area (Å²) in [6, 6.07) is 18.3. The molecule has 2 bridgehead atoms. The summed E-state index contributed by atoms with van der Waals surface area (Å²) in [5.74, 6) is 0.452. The molecular weight excluding hydrogens is 374 g/mol. The Kier molecular flexibility index (Phi) is 5.89. The highest BCUT2D eigenvalue weighted by molar-refractivity contribution is 5.98. The minimum atomic E-state index is -0.340. The fourth-order valence-electron chi connectivity index (χ4n) is 3.96. The van der Waals surface area contributed by atoms with Crippen LogP contribution < -0.4 is 5.43 Å². The average Bonchev–Trinajstić information content (AvgIpc) is 3.36. The average molecular weight is 399 g/mol. The molecule has 5 nitrogen and oxygen atoms in total. The molecule has 0 fully saturated rings. The van der Waals surface area contributed by atoms with Crippen LogP contribution >= 0.6 is 0 Å². The number of fused-ring (bicyclic) bond motifs is 2. The monoisotopic (exact) mass is 399 g/mol. The molecule has 0 radical (unpaired) electrons. The third-order valence-electron chi connectivity index (χ3n) is 5.51. The molecule has 2 aromatic carbocycles. The number of oxime groups is 1. The number of carbonyl (C=O) groups is 1. The molecule has 5 heteroatoms. The smallest absolute Gasteiger partial charge is 0.280 e. The lowest BCUT2D eigenvalue weighted by molar-refractivity contribution is -0.125. The number of hydrogen-bond donors (Lipinski definition) is 1. The largest absolute Gasteiger partial charge is 0.385 e. The molecular formula is C25H25N3O2. The minimum absolute atomic E-state index is 0.183. The van der Waals surface area contributed by atoms with Gasteiger partial charge in [0.1, 0.15) is 0 Å². The maximum Gasteiger partial charge on any atom is 0.280 e. The van der Waals surface area contributed by atoms with E-state index in [2.05, 4.69) is 40.0 Å². The van der Waals surface area contributed by atoms with Crippen molar-refractivity contribution in [3.05, 3.63) is 89.0 Å². The van der Waals surface area contributed by atoms with Crippen LogP contribution in [0.25, 0.3) is 5.57 Å². The van der Waals surface area contributed by atoms with Gasteiger partial charge in [-0.05, 0) is 42.5 Å². The van der Waals surface area contributed by atoms with Crippen LogP contribution in [-0.4, -0.2) is 24.4 Å². The van der Waals surface area contributed by atoms with Gasteiger partial charge in [-0.1, -0.05) is 77.5 Å². The molecule has 0 unspecified atom stereocenters. The zero-order valence-corrected chi connectivity index (χ0v) is 17.2. The second-order valence-electron chi connectivity index (χ2n) is 7.68. The molecule has 0 saturated carbocycles. The zero-order valence-electron chi connectivity index (χ0n) is 17.2. The van der Waals surface area contributed by atoms with Crippen molar-refractivity contribution in [1.82, 2.24) is 5.43 Å². The summed E-state index contributed by atoms with van der Waals surface area (Å²) in [7, 11) is 0. The number of amides is 1. The van der Waals surface area contributed by atoms with Gasteiger partial charge in [0, 0.05) is 11.8 Å². The van der Waals surface area contributed by atoms with E-state index < -0.39 is 0 Å². The van der Waals surface area contributed by atoms with Crippen molar-refractivity contribution in [3.63, 3.8) is 0 Å². The third kappa shape index (κ3) is 4.40. The lowest BCUT2D eigenvalue weighted by atomic mass is 9.92. The normalized spacial score (nSPS) is 20.3. The third-order valence-corrected chi connectivity index (χ3v) is 5.51. The Balaban J connectivity index is 1.34. The van der Waals surface area contributed by atoms with Crippen molar-refractivity contribution in [3.8, 4) is 0 Å². The van der Waals surface area contributed by atoms with E-state index >= 15 is 0 Å². The summed E-state index contributed by atoms with van der Waals surface area (Å²) in [6.45, 7) is 3.70. The van der Waals surface area contributed by atoms with Crippen molar-refractivity contribution in [2.24, 2.45) is 22.1 Å². The first-order chi connectivity index (χ1) is 14.6. The summed E-state index contributed by atoms with van der Waals surface area (Å²) in [4.78, 5) is 17.2. The van der Waals surface area contributed by atoms with E-state index in [1.54, 1.807) is 6.21 Å². The lowest BCUT2D eigenvalue weighted by Gasteiger charge is -2.13. The summed E-state index contributed by atoms with van der Waals surface area (Å²) < 4.78 is 0. The van der Waals surface area contributed by atoms with E-state index in [1.165, 1.54) is 22.3 Å². The number of carbonyl (C=O) groups excluding carboxylic acids is 1. The predicted octanol–water partition coefficient (Wildman–Crippen LogP) is 4.50. The van der Waals surface area contributed by atoms with Crippen LogP contribution in [0.2, 0.25) is 0 Å². The Morgan fingerprint density at radius 3 is 2.60 bits per heavy atom. The number of nitrogens with zero attached hydrogens (tertiary/aromatic N) is 2. The van der Waals surface area contributed by atoms with Crippen LogP contribution in [0.1, 0.15) is 30.0 Å². The van der Waals surface area contributed by atoms with Crippen LogP contribution in [0.3, 0.4) is 0 Å². The van der Waals surface area contributed by atoms with Gasteiger partial charge in [-0.15, -0.1) is 0 Å². The van der Waals surface area contributed by atoms with Gasteiger partial charge in [0.05, 0.1) is 11.9 Å². The molecule has 0 saturated heterocycles. The van der Waals surface area contributed by atoms with Crippen molar-refractivity contribution in [2.75, 3.05) is 6.61 Å². The molecule has 2 aliphatic rings. The summed E-state index contributed by atoms with van der Waals surface area (Å²) in [5, 5.41) is 8.19. The number of benzene rings is 2. The number of hydrazone groups is 1. The first-order valence-electron chi connectivity index (χ1n) is 10.1. The Hall–Kier alpha value is -3.47. The van der Waals surface area contributed by atoms with Crippen LogP contribution in [0.15, 0.2) is 82.6 Å². The molecule has 0 heterocycles. The van der Waals surface area contributed by atoms with Gasteiger partial charge in [0.15, 0.2) is 6.61 Å². The predicted molar refractivity (Wildman–Crippen MR) is 120 cm³/mol. The first-order valence-corrected chi connectivity index (χ1v) is 10.1. The first kappa shape index (κ1) is 19.8. The molecule has 30 heavy (non-hydrogen) atoms. The molecule has 1 amide bonds. The van der Waals surface area contributed by atoms with Crippen molar-refractivity contribution >= 4 is 23.4 Å². The topological polar surface area (TPSA) is 63.0 Å². The van der Waals surface area contributed by atoms with Gasteiger partial charge < -0.3 is 4.84 Å². The maximum absolute atomic E-state index is 12.0. The van der Waals surface area contributed by atoms with Gasteiger partial charge in [-0.3, -0.25) is 4.79 Å². The van der Waals surface area contributed by atoms with E-state index in [-0.39, 0.29) is 12.5 Å². The van der Waals surface area contributed by atoms with E-state index in [9.17, 15) is 4.79 Å². The van der Waals surface area contributed by atoms with Gasteiger partial charge >= 0.3 is 0 Å². The van der Waals surface area contributed by atoms with Gasteiger partial charge in [-0.2, -0.15) is 5.10 Å². The molecule has 1 N–H and O–H groups in total.